The van der Waals surface area contributed by atoms with Crippen molar-refractivity contribution in [2.75, 3.05) is 19.1 Å². The summed E-state index contributed by atoms with van der Waals surface area (Å²) in [6, 6.07) is 20.9. The topological polar surface area (TPSA) is 88.4 Å². The van der Waals surface area contributed by atoms with Gasteiger partial charge < -0.3 is 14.6 Å². The highest BCUT2D eigenvalue weighted by Crippen LogP contribution is 2.40. The number of carboxylic acids is 1. The Morgan fingerprint density at radius 1 is 1.00 bits per heavy atom. The fraction of sp³-hybridized carbons (Fsp3) is 0.0800. The molecule has 0 bridgehead atoms. The van der Waals surface area contributed by atoms with Crippen LogP contribution < -0.4 is 14.4 Å². The van der Waals surface area contributed by atoms with E-state index in [1.807, 2.05) is 42.5 Å². The average molecular weight is 461 g/mol. The maximum Gasteiger partial charge on any atom is 0.335 e. The molecule has 0 unspecified atom stereocenters. The molecule has 0 radical (unpaired) electrons. The van der Waals surface area contributed by atoms with Crippen molar-refractivity contribution in [2.24, 2.45) is 4.99 Å². The molecule has 1 aliphatic rings. The van der Waals surface area contributed by atoms with Gasteiger partial charge in [0.15, 0.2) is 16.7 Å². The molecule has 0 atom stereocenters. The van der Waals surface area contributed by atoms with Gasteiger partial charge in [0.05, 0.1) is 36.1 Å². The molecule has 3 aromatic rings. The molecular weight excluding hydrogens is 440 g/mol. The Kier molecular flexibility index (Phi) is 6.46. The summed E-state index contributed by atoms with van der Waals surface area (Å²) in [5.41, 5.74) is 1.90. The van der Waals surface area contributed by atoms with Gasteiger partial charge >= 0.3 is 5.97 Å². The number of thioether (sulfide) groups is 1. The van der Waals surface area contributed by atoms with E-state index in [0.29, 0.717) is 38.5 Å². The largest absolute Gasteiger partial charge is 0.493 e. The van der Waals surface area contributed by atoms with E-state index in [4.69, 9.17) is 9.47 Å². The number of benzene rings is 3. The van der Waals surface area contributed by atoms with E-state index in [2.05, 4.69) is 4.99 Å². The highest BCUT2D eigenvalue weighted by atomic mass is 32.2. The highest BCUT2D eigenvalue weighted by Gasteiger charge is 2.35. The van der Waals surface area contributed by atoms with Gasteiger partial charge in [-0.15, -0.1) is 0 Å². The zero-order valence-corrected chi connectivity index (χ0v) is 18.7. The van der Waals surface area contributed by atoms with Crippen LogP contribution in [-0.2, 0) is 4.79 Å². The van der Waals surface area contributed by atoms with Gasteiger partial charge in [-0.3, -0.25) is 9.69 Å². The van der Waals surface area contributed by atoms with Crippen LogP contribution in [0.25, 0.3) is 6.08 Å². The van der Waals surface area contributed by atoms with Crippen molar-refractivity contribution in [3.05, 3.63) is 88.8 Å². The van der Waals surface area contributed by atoms with Crippen LogP contribution in [0.1, 0.15) is 15.9 Å². The van der Waals surface area contributed by atoms with E-state index >= 15 is 0 Å². The minimum Gasteiger partial charge on any atom is -0.493 e. The first-order valence-corrected chi connectivity index (χ1v) is 10.8. The predicted octanol–water partition coefficient (Wildman–Crippen LogP) is 5.21. The van der Waals surface area contributed by atoms with Crippen LogP contribution in [0.4, 0.5) is 11.4 Å². The van der Waals surface area contributed by atoms with Crippen molar-refractivity contribution >= 4 is 46.3 Å². The van der Waals surface area contributed by atoms with E-state index < -0.39 is 5.97 Å². The number of anilines is 1. The minimum absolute atomic E-state index is 0.120. The Balaban J connectivity index is 1.80. The molecule has 1 amide bonds. The molecule has 0 aromatic heterocycles. The van der Waals surface area contributed by atoms with Crippen LogP contribution in [0.2, 0.25) is 0 Å². The monoisotopic (exact) mass is 460 g/mol. The van der Waals surface area contributed by atoms with E-state index in [1.54, 1.807) is 38.5 Å². The van der Waals surface area contributed by atoms with Crippen molar-refractivity contribution in [1.82, 2.24) is 0 Å². The van der Waals surface area contributed by atoms with Gasteiger partial charge in [0.1, 0.15) is 0 Å². The maximum atomic E-state index is 13.4. The Bertz CT molecular complexity index is 1270. The van der Waals surface area contributed by atoms with Crippen LogP contribution in [-0.4, -0.2) is 36.4 Å². The second kappa shape index (κ2) is 9.62. The lowest BCUT2D eigenvalue weighted by Crippen LogP contribution is -2.28. The molecule has 1 N–H and O–H groups in total. The third kappa shape index (κ3) is 4.61. The number of carbonyl (C=O) groups excluding carboxylic acids is 1. The molecule has 1 heterocycles. The number of nitrogens with zero attached hydrogens (tertiary/aromatic N) is 2. The van der Waals surface area contributed by atoms with Crippen molar-refractivity contribution in [1.29, 1.82) is 0 Å². The second-order valence-electron chi connectivity index (χ2n) is 6.92. The standard InChI is InChI=1S/C25H20N2O5S/c1-31-20-13-7-8-16(22(20)32-2)15-21-23(28)27(19-11-4-3-5-12-19)25(33-21)26-18-10-6-9-17(14-18)24(29)30/h3-15H,1-2H3,(H,29,30)/b21-15-,26-25?. The Hall–Kier alpha value is -4.04. The summed E-state index contributed by atoms with van der Waals surface area (Å²) in [4.78, 5) is 31.3. The van der Waals surface area contributed by atoms with Crippen molar-refractivity contribution in [2.45, 2.75) is 0 Å². The Labute approximate surface area is 195 Å². The van der Waals surface area contributed by atoms with E-state index in [9.17, 15) is 14.7 Å². The summed E-state index contributed by atoms with van der Waals surface area (Å²) in [6.07, 6.45) is 1.74. The molecule has 1 saturated heterocycles. The van der Waals surface area contributed by atoms with Crippen LogP contribution in [0.15, 0.2) is 82.7 Å². The number of amides is 1. The number of para-hydroxylation sites is 2. The summed E-state index contributed by atoms with van der Waals surface area (Å²) in [5, 5.41) is 9.71. The molecule has 7 nitrogen and oxygen atoms in total. The van der Waals surface area contributed by atoms with E-state index in [-0.39, 0.29) is 11.5 Å². The van der Waals surface area contributed by atoms with Gasteiger partial charge in [-0.25, -0.2) is 9.79 Å². The number of aliphatic imine (C=N–C) groups is 1. The predicted molar refractivity (Wildman–Crippen MR) is 130 cm³/mol. The van der Waals surface area contributed by atoms with Crippen molar-refractivity contribution in [3.63, 3.8) is 0 Å². The van der Waals surface area contributed by atoms with Gasteiger partial charge in [0, 0.05) is 5.56 Å². The number of carbonyl (C=O) groups is 2. The fourth-order valence-electron chi connectivity index (χ4n) is 3.34. The highest BCUT2D eigenvalue weighted by molar-refractivity contribution is 8.19. The average Bonchev–Trinajstić information content (AvgIpc) is 3.13. The number of rotatable bonds is 6. The molecule has 0 aliphatic carbocycles. The lowest BCUT2D eigenvalue weighted by Gasteiger charge is -2.15. The molecule has 166 valence electrons. The third-order valence-corrected chi connectivity index (χ3v) is 5.83. The molecular formula is C25H20N2O5S. The van der Waals surface area contributed by atoms with Crippen LogP contribution >= 0.6 is 11.8 Å². The van der Waals surface area contributed by atoms with Gasteiger partial charge in [0.2, 0.25) is 0 Å². The number of aromatic carboxylic acids is 1. The number of ether oxygens (including phenoxy) is 2. The van der Waals surface area contributed by atoms with Gasteiger partial charge in [0.25, 0.3) is 5.91 Å². The number of amidine groups is 1. The van der Waals surface area contributed by atoms with Crippen molar-refractivity contribution in [3.8, 4) is 11.5 Å². The molecule has 0 spiro atoms. The SMILES string of the molecule is COc1cccc(/C=C2\SC(=Nc3cccc(C(=O)O)c3)N(c3ccccc3)C2=O)c1OC. The summed E-state index contributed by atoms with van der Waals surface area (Å²) in [6.45, 7) is 0. The molecule has 8 heteroatoms. The molecule has 4 rings (SSSR count). The second-order valence-corrected chi connectivity index (χ2v) is 7.93. The number of carboxylic acid groups (broad SMARTS) is 1. The summed E-state index contributed by atoms with van der Waals surface area (Å²) in [5.74, 6) is -0.213. The van der Waals surface area contributed by atoms with Gasteiger partial charge in [-0.2, -0.15) is 0 Å². The Morgan fingerprint density at radius 2 is 1.76 bits per heavy atom. The molecule has 33 heavy (non-hydrogen) atoms. The first kappa shape index (κ1) is 22.2. The number of hydrogen-bond acceptors (Lipinski definition) is 6. The van der Waals surface area contributed by atoms with Gasteiger partial charge in [-0.1, -0.05) is 36.4 Å². The minimum atomic E-state index is -1.04. The van der Waals surface area contributed by atoms with Gasteiger partial charge in [-0.05, 0) is 54.2 Å². The van der Waals surface area contributed by atoms with E-state index in [1.165, 1.54) is 28.8 Å². The zero-order chi connectivity index (χ0) is 23.4. The lowest BCUT2D eigenvalue weighted by atomic mass is 10.1. The molecule has 1 fully saturated rings. The van der Waals surface area contributed by atoms with Crippen molar-refractivity contribution < 1.29 is 24.2 Å². The smallest absolute Gasteiger partial charge is 0.335 e. The quantitative estimate of drug-likeness (QED) is 0.508. The van der Waals surface area contributed by atoms with Crippen LogP contribution in [0.5, 0.6) is 11.5 Å². The zero-order valence-electron chi connectivity index (χ0n) is 17.9. The summed E-state index contributed by atoms with van der Waals surface area (Å²) < 4.78 is 10.9. The first-order chi connectivity index (χ1) is 16.0. The number of hydrogen-bond donors (Lipinski definition) is 1. The fourth-order valence-corrected chi connectivity index (χ4v) is 4.33. The maximum absolute atomic E-state index is 13.4. The molecule has 3 aromatic carbocycles. The Morgan fingerprint density at radius 3 is 2.45 bits per heavy atom. The van der Waals surface area contributed by atoms with Crippen LogP contribution in [0.3, 0.4) is 0 Å². The first-order valence-electron chi connectivity index (χ1n) is 9.94. The molecule has 0 saturated carbocycles. The summed E-state index contributed by atoms with van der Waals surface area (Å²) >= 11 is 1.20. The molecule has 1 aliphatic heterocycles. The van der Waals surface area contributed by atoms with E-state index in [0.717, 1.165) is 0 Å². The number of methoxy groups -OCH3 is 2. The lowest BCUT2D eigenvalue weighted by molar-refractivity contribution is -0.113. The summed E-state index contributed by atoms with van der Waals surface area (Å²) in [7, 11) is 3.10. The normalized spacial score (nSPS) is 15.8. The van der Waals surface area contributed by atoms with Crippen LogP contribution in [0, 0.1) is 0 Å². The third-order valence-electron chi connectivity index (χ3n) is 4.86.